The van der Waals surface area contributed by atoms with Crippen molar-refractivity contribution in [2.45, 2.75) is 31.7 Å². The number of fused-ring (bicyclic) bond motifs is 1. The second-order valence-electron chi connectivity index (χ2n) is 4.47. The van der Waals surface area contributed by atoms with Crippen molar-refractivity contribution in [2.75, 3.05) is 6.54 Å². The van der Waals surface area contributed by atoms with Crippen molar-refractivity contribution < 1.29 is 0 Å². The van der Waals surface area contributed by atoms with Crippen molar-refractivity contribution in [3.05, 3.63) is 29.3 Å². The second kappa shape index (κ2) is 4.52. The number of nitrogens with one attached hydrogen (secondary N) is 1. The van der Waals surface area contributed by atoms with Crippen LogP contribution in [0.3, 0.4) is 0 Å². The van der Waals surface area contributed by atoms with Gasteiger partial charge >= 0.3 is 0 Å². The molecular weight excluding hydrogens is 216 g/mol. The molecule has 1 aliphatic rings. The maximum Gasteiger partial charge on any atom is 0.0814 e. The molecule has 0 aliphatic carbocycles. The smallest absolute Gasteiger partial charge is 0.0814 e. The van der Waals surface area contributed by atoms with Crippen molar-refractivity contribution in [3.63, 3.8) is 0 Å². The summed E-state index contributed by atoms with van der Waals surface area (Å²) in [7, 11) is 0. The van der Waals surface area contributed by atoms with E-state index in [4.69, 9.17) is 0 Å². The van der Waals surface area contributed by atoms with Crippen LogP contribution in [0, 0.1) is 0 Å². The summed E-state index contributed by atoms with van der Waals surface area (Å²) >= 11 is 1.76. The molecule has 2 nitrogen and oxygen atoms in total. The standard InChI is InChI=1S/C13H16N2S/c1-2-7-14-11(5-1)8-10-4-3-6-12-13(10)16-9-15-12/h3-4,6,9,11,14H,1-2,5,7-8H2. The number of hydrogen-bond acceptors (Lipinski definition) is 3. The zero-order valence-corrected chi connectivity index (χ0v) is 10.1. The molecular formula is C13H16N2S. The van der Waals surface area contributed by atoms with Crippen molar-refractivity contribution in [3.8, 4) is 0 Å². The molecule has 0 spiro atoms. The van der Waals surface area contributed by atoms with E-state index in [9.17, 15) is 0 Å². The highest BCUT2D eigenvalue weighted by atomic mass is 32.1. The summed E-state index contributed by atoms with van der Waals surface area (Å²) in [5, 5.41) is 3.61. The maximum absolute atomic E-state index is 4.37. The van der Waals surface area contributed by atoms with Crippen molar-refractivity contribution in [1.82, 2.24) is 10.3 Å². The molecule has 16 heavy (non-hydrogen) atoms. The lowest BCUT2D eigenvalue weighted by Gasteiger charge is -2.23. The quantitative estimate of drug-likeness (QED) is 0.861. The lowest BCUT2D eigenvalue weighted by atomic mass is 9.98. The summed E-state index contributed by atoms with van der Waals surface area (Å²) in [4.78, 5) is 4.37. The van der Waals surface area contributed by atoms with Crippen LogP contribution in [-0.2, 0) is 6.42 Å². The highest BCUT2D eigenvalue weighted by molar-refractivity contribution is 7.16. The fraction of sp³-hybridized carbons (Fsp3) is 0.462. The van der Waals surface area contributed by atoms with Gasteiger partial charge in [-0.25, -0.2) is 4.98 Å². The minimum atomic E-state index is 0.668. The van der Waals surface area contributed by atoms with Gasteiger partial charge in [0.1, 0.15) is 0 Å². The summed E-state index contributed by atoms with van der Waals surface area (Å²) in [6.07, 6.45) is 5.17. The highest BCUT2D eigenvalue weighted by Crippen LogP contribution is 2.24. The van der Waals surface area contributed by atoms with Gasteiger partial charge in [-0.1, -0.05) is 18.6 Å². The van der Waals surface area contributed by atoms with Gasteiger partial charge in [0.25, 0.3) is 0 Å². The van der Waals surface area contributed by atoms with Gasteiger partial charge in [0, 0.05) is 6.04 Å². The molecule has 1 atom stereocenters. The number of aromatic nitrogens is 1. The molecule has 2 heterocycles. The van der Waals surface area contributed by atoms with Gasteiger partial charge in [-0.3, -0.25) is 0 Å². The topological polar surface area (TPSA) is 24.9 Å². The predicted octanol–water partition coefficient (Wildman–Crippen LogP) is 2.98. The van der Waals surface area contributed by atoms with E-state index in [1.165, 1.54) is 36.1 Å². The minimum absolute atomic E-state index is 0.668. The average molecular weight is 232 g/mol. The summed E-state index contributed by atoms with van der Waals surface area (Å²) < 4.78 is 1.37. The lowest BCUT2D eigenvalue weighted by Crippen LogP contribution is -2.35. The van der Waals surface area contributed by atoms with E-state index in [-0.39, 0.29) is 0 Å². The molecule has 3 rings (SSSR count). The van der Waals surface area contributed by atoms with Gasteiger partial charge in [0.2, 0.25) is 0 Å². The first-order chi connectivity index (χ1) is 7.93. The van der Waals surface area contributed by atoms with Gasteiger partial charge in [-0.05, 0) is 37.4 Å². The number of thiazole rings is 1. The minimum Gasteiger partial charge on any atom is -0.314 e. The molecule has 84 valence electrons. The normalized spacial score (nSPS) is 21.4. The van der Waals surface area contributed by atoms with Gasteiger partial charge < -0.3 is 5.32 Å². The Bertz CT molecular complexity index is 471. The van der Waals surface area contributed by atoms with E-state index in [0.29, 0.717) is 6.04 Å². The van der Waals surface area contributed by atoms with Gasteiger partial charge in [0.05, 0.1) is 15.7 Å². The molecule has 0 radical (unpaired) electrons. The van der Waals surface area contributed by atoms with Crippen LogP contribution < -0.4 is 5.32 Å². The Hall–Kier alpha value is -0.930. The first-order valence-corrected chi connectivity index (χ1v) is 6.86. The van der Waals surface area contributed by atoms with E-state index in [1.54, 1.807) is 11.3 Å². The Kier molecular flexibility index (Phi) is 2.89. The number of piperidine rings is 1. The third kappa shape index (κ3) is 1.97. The van der Waals surface area contributed by atoms with Crippen LogP contribution in [0.1, 0.15) is 24.8 Å². The lowest BCUT2D eigenvalue weighted by molar-refractivity contribution is 0.400. The van der Waals surface area contributed by atoms with E-state index in [0.717, 1.165) is 11.9 Å². The molecule has 1 aromatic heterocycles. The summed E-state index contributed by atoms with van der Waals surface area (Å²) in [5.41, 5.74) is 4.56. The molecule has 1 fully saturated rings. The zero-order valence-electron chi connectivity index (χ0n) is 9.28. The molecule has 1 aliphatic heterocycles. The SMILES string of the molecule is c1cc(CC2CCCCN2)c2scnc2c1. The molecule has 2 aromatic rings. The van der Waals surface area contributed by atoms with E-state index in [1.807, 2.05) is 5.51 Å². The van der Waals surface area contributed by atoms with Crippen LogP contribution in [0.5, 0.6) is 0 Å². The van der Waals surface area contributed by atoms with E-state index >= 15 is 0 Å². The molecule has 3 heteroatoms. The number of rotatable bonds is 2. The molecule has 1 unspecified atom stereocenters. The fourth-order valence-corrected chi connectivity index (χ4v) is 3.29. The largest absolute Gasteiger partial charge is 0.314 e. The molecule has 0 amide bonds. The van der Waals surface area contributed by atoms with Crippen molar-refractivity contribution in [2.24, 2.45) is 0 Å². The van der Waals surface area contributed by atoms with Crippen LogP contribution in [0.4, 0.5) is 0 Å². The van der Waals surface area contributed by atoms with Gasteiger partial charge in [-0.2, -0.15) is 0 Å². The van der Waals surface area contributed by atoms with Crippen LogP contribution >= 0.6 is 11.3 Å². The van der Waals surface area contributed by atoms with E-state index < -0.39 is 0 Å². The van der Waals surface area contributed by atoms with Crippen LogP contribution in [0.2, 0.25) is 0 Å². The number of hydrogen-bond donors (Lipinski definition) is 1. The average Bonchev–Trinajstić information content (AvgIpc) is 2.80. The molecule has 0 bridgehead atoms. The fourth-order valence-electron chi connectivity index (χ4n) is 2.47. The van der Waals surface area contributed by atoms with Crippen molar-refractivity contribution >= 4 is 21.6 Å². The molecule has 1 aromatic carbocycles. The monoisotopic (exact) mass is 232 g/mol. The predicted molar refractivity (Wildman–Crippen MR) is 69.0 cm³/mol. The highest BCUT2D eigenvalue weighted by Gasteiger charge is 2.14. The number of nitrogens with zero attached hydrogens (tertiary/aromatic N) is 1. The third-order valence-electron chi connectivity index (χ3n) is 3.32. The van der Waals surface area contributed by atoms with Gasteiger partial charge in [0.15, 0.2) is 0 Å². The van der Waals surface area contributed by atoms with Crippen molar-refractivity contribution in [1.29, 1.82) is 0 Å². The Balaban J connectivity index is 1.85. The second-order valence-corrected chi connectivity index (χ2v) is 5.32. The third-order valence-corrected chi connectivity index (χ3v) is 4.23. The maximum atomic E-state index is 4.37. The van der Waals surface area contributed by atoms with Crippen LogP contribution in [-0.4, -0.2) is 17.6 Å². The molecule has 0 saturated carbocycles. The summed E-state index contributed by atoms with van der Waals surface area (Å²) in [6, 6.07) is 7.14. The first-order valence-electron chi connectivity index (χ1n) is 5.98. The Morgan fingerprint density at radius 2 is 2.38 bits per heavy atom. The Morgan fingerprint density at radius 1 is 1.38 bits per heavy atom. The summed E-state index contributed by atoms with van der Waals surface area (Å²) in [5.74, 6) is 0. The van der Waals surface area contributed by atoms with Gasteiger partial charge in [-0.15, -0.1) is 11.3 Å². The van der Waals surface area contributed by atoms with Crippen LogP contribution in [0.25, 0.3) is 10.2 Å². The summed E-state index contributed by atoms with van der Waals surface area (Å²) in [6.45, 7) is 1.18. The van der Waals surface area contributed by atoms with Crippen LogP contribution in [0.15, 0.2) is 23.7 Å². The number of benzene rings is 1. The zero-order chi connectivity index (χ0) is 10.8. The Morgan fingerprint density at radius 3 is 3.25 bits per heavy atom. The molecule has 1 N–H and O–H groups in total. The first kappa shape index (κ1) is 10.2. The Labute approximate surface area is 99.7 Å². The molecule has 1 saturated heterocycles. The van der Waals surface area contributed by atoms with E-state index in [2.05, 4.69) is 28.5 Å².